The lowest BCUT2D eigenvalue weighted by Gasteiger charge is -2.29. The zero-order chi connectivity index (χ0) is 27.9. The molecule has 2 N–H and O–H groups in total. The van der Waals surface area contributed by atoms with Gasteiger partial charge in [0.15, 0.2) is 6.23 Å². The van der Waals surface area contributed by atoms with Gasteiger partial charge < -0.3 is 9.84 Å². The predicted molar refractivity (Wildman–Crippen MR) is 133 cm³/mol. The molecule has 12 nitrogen and oxygen atoms in total. The van der Waals surface area contributed by atoms with Crippen LogP contribution in [-0.4, -0.2) is 55.9 Å². The molecule has 0 aliphatic carbocycles. The lowest BCUT2D eigenvalue weighted by atomic mass is 9.96. The summed E-state index contributed by atoms with van der Waals surface area (Å²) in [5, 5.41) is 11.4. The van der Waals surface area contributed by atoms with E-state index in [0.29, 0.717) is 0 Å². The lowest BCUT2D eigenvalue weighted by molar-refractivity contribution is -0.0953. The molecule has 38 heavy (non-hydrogen) atoms. The Bertz CT molecular complexity index is 1640. The minimum absolute atomic E-state index is 0.147. The predicted octanol–water partition coefficient (Wildman–Crippen LogP) is 0.981. The van der Waals surface area contributed by atoms with Crippen LogP contribution in [0.1, 0.15) is 24.3 Å². The molecule has 204 valence electrons. The average molecular weight is 567 g/mol. The quantitative estimate of drug-likeness (QED) is 0.375. The molecule has 0 saturated carbocycles. The Labute approximate surface area is 218 Å². The van der Waals surface area contributed by atoms with E-state index in [-0.39, 0.29) is 9.79 Å². The first-order valence-electron chi connectivity index (χ1n) is 11.4. The van der Waals surface area contributed by atoms with Crippen LogP contribution in [0.4, 0.5) is 0 Å². The summed E-state index contributed by atoms with van der Waals surface area (Å²) in [6, 6.07) is 12.6. The highest BCUT2D eigenvalue weighted by atomic mass is 32.2. The van der Waals surface area contributed by atoms with Crippen LogP contribution in [0.2, 0.25) is 0 Å². The second-order valence-electron chi connectivity index (χ2n) is 9.11. The fourth-order valence-electron chi connectivity index (χ4n) is 3.96. The van der Waals surface area contributed by atoms with Crippen molar-refractivity contribution in [1.82, 2.24) is 9.55 Å². The van der Waals surface area contributed by atoms with Crippen molar-refractivity contribution in [3.8, 4) is 0 Å². The Balaban J connectivity index is 1.69. The molecule has 1 aromatic heterocycles. The molecular formula is C24H26N2O10S2. The fourth-order valence-corrected chi connectivity index (χ4v) is 6.05. The van der Waals surface area contributed by atoms with E-state index in [1.54, 1.807) is 38.1 Å². The minimum atomic E-state index is -4.49. The van der Waals surface area contributed by atoms with Gasteiger partial charge in [0.25, 0.3) is 25.8 Å². The summed E-state index contributed by atoms with van der Waals surface area (Å²) in [6.45, 7) is 3.95. The first kappa shape index (κ1) is 27.9. The van der Waals surface area contributed by atoms with Gasteiger partial charge in [-0.2, -0.15) is 16.8 Å². The zero-order valence-electron chi connectivity index (χ0n) is 20.6. The van der Waals surface area contributed by atoms with Gasteiger partial charge in [-0.15, -0.1) is 0 Å². The molecule has 4 atom stereocenters. The number of aliphatic hydroxyl groups is 1. The molecule has 1 aliphatic heterocycles. The number of nitrogens with one attached hydrogen (secondary N) is 1. The maximum absolute atomic E-state index is 13.1. The molecule has 4 rings (SSSR count). The summed E-state index contributed by atoms with van der Waals surface area (Å²) >= 11 is 0. The van der Waals surface area contributed by atoms with Gasteiger partial charge in [0.2, 0.25) is 0 Å². The van der Waals surface area contributed by atoms with Crippen molar-refractivity contribution in [1.29, 1.82) is 0 Å². The third-order valence-corrected chi connectivity index (χ3v) is 8.66. The van der Waals surface area contributed by atoms with Crippen molar-refractivity contribution in [3.05, 3.63) is 92.8 Å². The normalized spacial score (nSPS) is 23.9. The van der Waals surface area contributed by atoms with E-state index in [9.17, 15) is 31.5 Å². The monoisotopic (exact) mass is 566 g/mol. The number of rotatable bonds is 8. The molecule has 2 heterocycles. The van der Waals surface area contributed by atoms with Gasteiger partial charge >= 0.3 is 5.69 Å². The number of aryl methyl sites for hydroxylation is 2. The van der Waals surface area contributed by atoms with E-state index in [4.69, 9.17) is 13.1 Å². The van der Waals surface area contributed by atoms with Gasteiger partial charge in [0.05, 0.1) is 16.4 Å². The number of aromatic amines is 1. The summed E-state index contributed by atoms with van der Waals surface area (Å²) in [5.41, 5.74) is -2.24. The molecule has 0 radical (unpaired) electrons. The van der Waals surface area contributed by atoms with Gasteiger partial charge in [0.1, 0.15) is 17.8 Å². The van der Waals surface area contributed by atoms with Crippen molar-refractivity contribution < 1.29 is 35.0 Å². The molecule has 0 amide bonds. The van der Waals surface area contributed by atoms with E-state index in [0.717, 1.165) is 28.0 Å². The summed E-state index contributed by atoms with van der Waals surface area (Å²) in [7, 11) is -8.79. The zero-order valence-corrected chi connectivity index (χ0v) is 22.2. The Morgan fingerprint density at radius 3 is 1.97 bits per heavy atom. The van der Waals surface area contributed by atoms with Gasteiger partial charge in [-0.3, -0.25) is 22.7 Å². The fraction of sp³-hybridized carbons (Fsp3) is 0.333. The molecule has 14 heteroatoms. The number of H-pyrrole nitrogens is 1. The van der Waals surface area contributed by atoms with E-state index in [2.05, 4.69) is 0 Å². The number of nitrogens with zero attached hydrogens (tertiary/aromatic N) is 1. The number of aromatic nitrogens is 2. The Hall–Kier alpha value is -3.14. The molecule has 3 aromatic rings. The SMILES string of the molecule is Cc1ccc(S(=O)(=O)OCC2OC(n3ccc(=O)[nH]c3=O)[C@@](C)(O)[C@@H]2OS(=O)(=O)c2ccc(C)cc2)cc1. The standard InChI is InChI=1S/C24H26N2O10S2/c1-15-4-8-17(9-5-15)37(30,31)34-14-19-21(36-38(32,33)18-10-6-16(2)7-11-18)24(3,29)22(35-19)26-13-12-20(27)25-23(26)28/h4-13,19,21-22,29H,14H2,1-3H3,(H,25,27,28)/t19?,21-,22?,24+/m1/s1. The number of hydrogen-bond donors (Lipinski definition) is 2. The van der Waals surface area contributed by atoms with Crippen LogP contribution in [0.25, 0.3) is 0 Å². The van der Waals surface area contributed by atoms with E-state index in [1.807, 2.05) is 4.98 Å². The van der Waals surface area contributed by atoms with Crippen molar-refractivity contribution in [2.75, 3.05) is 6.61 Å². The molecular weight excluding hydrogens is 540 g/mol. The summed E-state index contributed by atoms with van der Waals surface area (Å²) < 4.78 is 68.8. The molecule has 2 aromatic carbocycles. The Kier molecular flexibility index (Phi) is 7.49. The summed E-state index contributed by atoms with van der Waals surface area (Å²) in [6.07, 6.45) is -3.71. The summed E-state index contributed by atoms with van der Waals surface area (Å²) in [4.78, 5) is 25.6. The maximum atomic E-state index is 13.1. The second kappa shape index (κ2) is 10.2. The van der Waals surface area contributed by atoms with Crippen molar-refractivity contribution in [3.63, 3.8) is 0 Å². The van der Waals surface area contributed by atoms with Gasteiger partial charge in [0, 0.05) is 12.3 Å². The highest BCUT2D eigenvalue weighted by molar-refractivity contribution is 7.87. The molecule has 0 bridgehead atoms. The number of benzene rings is 2. The second-order valence-corrected chi connectivity index (χ2v) is 12.3. The van der Waals surface area contributed by atoms with Crippen LogP contribution in [0.3, 0.4) is 0 Å². The lowest BCUT2D eigenvalue weighted by Crippen LogP contribution is -2.49. The van der Waals surface area contributed by atoms with Crippen molar-refractivity contribution in [2.24, 2.45) is 0 Å². The maximum Gasteiger partial charge on any atom is 0.330 e. The first-order chi connectivity index (χ1) is 17.7. The van der Waals surface area contributed by atoms with Crippen LogP contribution in [0, 0.1) is 13.8 Å². The van der Waals surface area contributed by atoms with Gasteiger partial charge in [-0.25, -0.2) is 4.79 Å². The molecule has 0 spiro atoms. The average Bonchev–Trinajstić information content (AvgIpc) is 3.07. The first-order valence-corrected chi connectivity index (χ1v) is 14.2. The number of hydrogen-bond acceptors (Lipinski definition) is 10. The van der Waals surface area contributed by atoms with Crippen LogP contribution in [-0.2, 0) is 33.3 Å². The van der Waals surface area contributed by atoms with E-state index >= 15 is 0 Å². The molecule has 2 unspecified atom stereocenters. The minimum Gasteiger partial charge on any atom is -0.383 e. The highest BCUT2D eigenvalue weighted by Gasteiger charge is 2.57. The van der Waals surface area contributed by atoms with E-state index < -0.39 is 62.1 Å². The Morgan fingerprint density at radius 2 is 1.45 bits per heavy atom. The van der Waals surface area contributed by atoms with Crippen molar-refractivity contribution in [2.45, 2.75) is 54.6 Å². The molecule has 1 saturated heterocycles. The van der Waals surface area contributed by atoms with Crippen LogP contribution in [0.5, 0.6) is 0 Å². The van der Waals surface area contributed by atoms with Crippen LogP contribution in [0.15, 0.2) is 80.2 Å². The third kappa shape index (κ3) is 5.65. The van der Waals surface area contributed by atoms with Crippen molar-refractivity contribution >= 4 is 20.2 Å². The Morgan fingerprint density at radius 1 is 0.921 bits per heavy atom. The molecule has 1 aliphatic rings. The van der Waals surface area contributed by atoms with Gasteiger partial charge in [-0.1, -0.05) is 35.4 Å². The topological polar surface area (TPSA) is 171 Å². The van der Waals surface area contributed by atoms with E-state index in [1.165, 1.54) is 31.2 Å². The van der Waals surface area contributed by atoms with Crippen LogP contribution < -0.4 is 11.2 Å². The third-order valence-electron chi connectivity index (χ3n) is 6.06. The number of ether oxygens (including phenoxy) is 1. The largest absolute Gasteiger partial charge is 0.383 e. The highest BCUT2D eigenvalue weighted by Crippen LogP contribution is 2.41. The smallest absolute Gasteiger partial charge is 0.330 e. The molecule has 1 fully saturated rings. The van der Waals surface area contributed by atoms with Gasteiger partial charge in [-0.05, 0) is 45.0 Å². The van der Waals surface area contributed by atoms with Crippen LogP contribution >= 0.6 is 0 Å². The summed E-state index contributed by atoms with van der Waals surface area (Å²) in [5.74, 6) is 0.